The number of likely N-dealkylation sites (N-methyl/N-ethyl adjacent to an activating group) is 1. The summed E-state index contributed by atoms with van der Waals surface area (Å²) in [6, 6.07) is 2.49. The molecular weight excluding hydrogens is 248 g/mol. The van der Waals surface area contributed by atoms with Gasteiger partial charge in [-0.25, -0.2) is 4.98 Å². The Kier molecular flexibility index (Phi) is 4.43. The molecule has 0 aromatic carbocycles. The minimum absolute atomic E-state index is 0.479. The molecule has 0 bridgehead atoms. The second-order valence-corrected chi connectivity index (χ2v) is 5.47. The minimum atomic E-state index is 0.479. The third kappa shape index (κ3) is 2.94. The molecule has 4 nitrogen and oxygen atoms in total. The van der Waals surface area contributed by atoms with E-state index in [9.17, 15) is 0 Å². The summed E-state index contributed by atoms with van der Waals surface area (Å²) in [5.74, 6) is 0.889. The van der Waals surface area contributed by atoms with Crippen molar-refractivity contribution in [3.63, 3.8) is 0 Å². The van der Waals surface area contributed by atoms with Gasteiger partial charge in [-0.3, -0.25) is 0 Å². The number of piperidine rings is 1. The van der Waals surface area contributed by atoms with Crippen LogP contribution >= 0.6 is 11.6 Å². The van der Waals surface area contributed by atoms with Crippen LogP contribution in [0, 0.1) is 0 Å². The van der Waals surface area contributed by atoms with Crippen molar-refractivity contribution in [2.45, 2.75) is 25.4 Å². The first kappa shape index (κ1) is 13.6. The lowest BCUT2D eigenvalue weighted by Crippen LogP contribution is -2.45. The van der Waals surface area contributed by atoms with Gasteiger partial charge in [0.2, 0.25) is 0 Å². The SMILES string of the molecule is CN(C)C1CCCN(c2ncc(CN)cc2Cl)C1. The third-order valence-electron chi connectivity index (χ3n) is 3.54. The van der Waals surface area contributed by atoms with Crippen LogP contribution < -0.4 is 10.6 Å². The van der Waals surface area contributed by atoms with Gasteiger partial charge in [-0.15, -0.1) is 0 Å². The van der Waals surface area contributed by atoms with Crippen LogP contribution in [0.15, 0.2) is 12.3 Å². The molecule has 1 aliphatic rings. The maximum atomic E-state index is 6.30. The van der Waals surface area contributed by atoms with Crippen LogP contribution in [0.4, 0.5) is 5.82 Å². The van der Waals surface area contributed by atoms with E-state index in [2.05, 4.69) is 28.9 Å². The zero-order valence-electron chi connectivity index (χ0n) is 11.1. The third-order valence-corrected chi connectivity index (χ3v) is 3.82. The molecule has 5 heteroatoms. The number of anilines is 1. The topological polar surface area (TPSA) is 45.4 Å². The maximum absolute atomic E-state index is 6.30. The first-order valence-electron chi connectivity index (χ1n) is 6.37. The van der Waals surface area contributed by atoms with E-state index in [4.69, 9.17) is 17.3 Å². The highest BCUT2D eigenvalue weighted by molar-refractivity contribution is 6.33. The number of hydrogen-bond acceptors (Lipinski definition) is 4. The lowest BCUT2D eigenvalue weighted by atomic mass is 10.0. The Balaban J connectivity index is 2.15. The molecule has 0 radical (unpaired) electrons. The van der Waals surface area contributed by atoms with Crippen molar-refractivity contribution in [3.8, 4) is 0 Å². The highest BCUT2D eigenvalue weighted by Crippen LogP contribution is 2.27. The van der Waals surface area contributed by atoms with E-state index in [1.807, 2.05) is 12.3 Å². The first-order chi connectivity index (χ1) is 8.61. The van der Waals surface area contributed by atoms with Crippen molar-refractivity contribution >= 4 is 17.4 Å². The number of aromatic nitrogens is 1. The Morgan fingerprint density at radius 2 is 2.33 bits per heavy atom. The molecule has 1 unspecified atom stereocenters. The van der Waals surface area contributed by atoms with Gasteiger partial charge in [0.25, 0.3) is 0 Å². The van der Waals surface area contributed by atoms with E-state index in [-0.39, 0.29) is 0 Å². The lowest BCUT2D eigenvalue weighted by Gasteiger charge is -2.37. The van der Waals surface area contributed by atoms with Gasteiger partial charge in [-0.05, 0) is 38.6 Å². The van der Waals surface area contributed by atoms with Gasteiger partial charge in [-0.1, -0.05) is 11.6 Å². The average Bonchev–Trinajstić information content (AvgIpc) is 2.38. The predicted molar refractivity (Wildman–Crippen MR) is 76.1 cm³/mol. The number of hydrogen-bond donors (Lipinski definition) is 1. The molecule has 2 N–H and O–H groups in total. The summed E-state index contributed by atoms with van der Waals surface area (Å²) in [4.78, 5) is 9.01. The van der Waals surface area contributed by atoms with Crippen molar-refractivity contribution in [1.29, 1.82) is 0 Å². The number of halogens is 1. The normalized spacial score (nSPS) is 20.5. The summed E-state index contributed by atoms with van der Waals surface area (Å²) in [7, 11) is 4.25. The standard InChI is InChI=1S/C13H21ClN4/c1-17(2)11-4-3-5-18(9-11)13-12(14)6-10(7-15)8-16-13/h6,8,11H,3-5,7,9,15H2,1-2H3. The van der Waals surface area contributed by atoms with Crippen LogP contribution in [0.1, 0.15) is 18.4 Å². The van der Waals surface area contributed by atoms with Gasteiger partial charge in [0, 0.05) is 31.9 Å². The van der Waals surface area contributed by atoms with Gasteiger partial charge in [0.05, 0.1) is 5.02 Å². The molecule has 1 fully saturated rings. The van der Waals surface area contributed by atoms with Crippen molar-refractivity contribution in [2.24, 2.45) is 5.73 Å². The molecule has 100 valence electrons. The van der Waals surface area contributed by atoms with Crippen LogP contribution in [0.25, 0.3) is 0 Å². The summed E-state index contributed by atoms with van der Waals surface area (Å²) in [5, 5.41) is 0.706. The summed E-state index contributed by atoms with van der Waals surface area (Å²) in [6.45, 7) is 2.49. The molecule has 0 spiro atoms. The van der Waals surface area contributed by atoms with Gasteiger partial charge in [0.1, 0.15) is 5.82 Å². The van der Waals surface area contributed by atoms with E-state index in [0.717, 1.165) is 24.5 Å². The van der Waals surface area contributed by atoms with E-state index in [1.54, 1.807) is 0 Å². The van der Waals surface area contributed by atoms with Crippen molar-refractivity contribution < 1.29 is 0 Å². The second kappa shape index (κ2) is 5.87. The number of nitrogens with two attached hydrogens (primary N) is 1. The summed E-state index contributed by atoms with van der Waals surface area (Å²) >= 11 is 6.30. The molecule has 0 amide bonds. The molecule has 1 aromatic heterocycles. The average molecular weight is 269 g/mol. The Bertz CT molecular complexity index is 408. The van der Waals surface area contributed by atoms with Gasteiger partial charge in [-0.2, -0.15) is 0 Å². The highest BCUT2D eigenvalue weighted by Gasteiger charge is 2.23. The van der Waals surface area contributed by atoms with Crippen LogP contribution in [0.3, 0.4) is 0 Å². The van der Waals surface area contributed by atoms with Gasteiger partial charge in [0.15, 0.2) is 0 Å². The summed E-state index contributed by atoms with van der Waals surface area (Å²) < 4.78 is 0. The van der Waals surface area contributed by atoms with Crippen molar-refractivity contribution in [1.82, 2.24) is 9.88 Å². The van der Waals surface area contributed by atoms with Crippen LogP contribution in [0.5, 0.6) is 0 Å². The maximum Gasteiger partial charge on any atom is 0.147 e. The zero-order valence-corrected chi connectivity index (χ0v) is 11.8. The van der Waals surface area contributed by atoms with E-state index in [1.165, 1.54) is 12.8 Å². The molecule has 2 rings (SSSR count). The molecule has 1 aromatic rings. The smallest absolute Gasteiger partial charge is 0.147 e. The van der Waals surface area contributed by atoms with E-state index < -0.39 is 0 Å². The fourth-order valence-corrected chi connectivity index (χ4v) is 2.69. The Hall–Kier alpha value is -0.840. The molecule has 1 saturated heterocycles. The minimum Gasteiger partial charge on any atom is -0.354 e. The number of rotatable bonds is 3. The van der Waals surface area contributed by atoms with Crippen molar-refractivity contribution in [2.75, 3.05) is 32.1 Å². The van der Waals surface area contributed by atoms with Crippen LogP contribution in [-0.4, -0.2) is 43.1 Å². The van der Waals surface area contributed by atoms with E-state index in [0.29, 0.717) is 17.6 Å². The van der Waals surface area contributed by atoms with Crippen LogP contribution in [-0.2, 0) is 6.54 Å². The van der Waals surface area contributed by atoms with Crippen LogP contribution in [0.2, 0.25) is 5.02 Å². The molecule has 0 saturated carbocycles. The van der Waals surface area contributed by atoms with E-state index >= 15 is 0 Å². The van der Waals surface area contributed by atoms with Gasteiger partial charge < -0.3 is 15.5 Å². The number of nitrogens with zero attached hydrogens (tertiary/aromatic N) is 3. The molecule has 2 heterocycles. The fraction of sp³-hybridized carbons (Fsp3) is 0.615. The summed E-state index contributed by atoms with van der Waals surface area (Å²) in [6.07, 6.45) is 4.24. The fourth-order valence-electron chi connectivity index (χ4n) is 2.38. The predicted octanol–water partition coefficient (Wildman–Crippen LogP) is 1.72. The molecular formula is C13H21ClN4. The van der Waals surface area contributed by atoms with Crippen molar-refractivity contribution in [3.05, 3.63) is 22.8 Å². The number of pyridine rings is 1. The lowest BCUT2D eigenvalue weighted by molar-refractivity contribution is 0.257. The highest BCUT2D eigenvalue weighted by atomic mass is 35.5. The molecule has 0 aliphatic carbocycles. The second-order valence-electron chi connectivity index (χ2n) is 5.06. The quantitative estimate of drug-likeness (QED) is 0.907. The first-order valence-corrected chi connectivity index (χ1v) is 6.75. The Morgan fingerprint density at radius 1 is 1.56 bits per heavy atom. The molecule has 1 atom stereocenters. The molecule has 18 heavy (non-hydrogen) atoms. The molecule has 1 aliphatic heterocycles. The zero-order chi connectivity index (χ0) is 13.1. The summed E-state index contributed by atoms with van der Waals surface area (Å²) in [5.41, 5.74) is 6.57. The monoisotopic (exact) mass is 268 g/mol. The van der Waals surface area contributed by atoms with Gasteiger partial charge >= 0.3 is 0 Å². The Morgan fingerprint density at radius 3 is 2.94 bits per heavy atom. The Labute approximate surface area is 114 Å². The largest absolute Gasteiger partial charge is 0.354 e.